The van der Waals surface area contributed by atoms with Gasteiger partial charge in [0.15, 0.2) is 5.78 Å². The van der Waals surface area contributed by atoms with Crippen LogP contribution in [0.15, 0.2) is 41.3 Å². The Morgan fingerprint density at radius 2 is 1.86 bits per heavy atom. The third-order valence-electron chi connectivity index (χ3n) is 2.80. The number of rotatable bonds is 6. The average molecular weight is 340 g/mol. The van der Waals surface area contributed by atoms with E-state index in [4.69, 9.17) is 11.6 Å². The zero-order chi connectivity index (χ0) is 15.2. The van der Waals surface area contributed by atoms with Crippen molar-refractivity contribution in [2.24, 2.45) is 0 Å². The smallest absolute Gasteiger partial charge is 0.224 e. The Balaban J connectivity index is 1.82. The molecule has 2 aromatic rings. The molecule has 0 atom stereocenters. The number of hydrogen-bond acceptors (Lipinski definition) is 4. The zero-order valence-electron chi connectivity index (χ0n) is 11.4. The van der Waals surface area contributed by atoms with Crippen LogP contribution in [-0.2, 0) is 4.79 Å². The highest BCUT2D eigenvalue weighted by Gasteiger charge is 2.11. The highest BCUT2D eigenvalue weighted by atomic mass is 35.5. The zero-order valence-corrected chi connectivity index (χ0v) is 13.8. The van der Waals surface area contributed by atoms with Crippen molar-refractivity contribution in [3.8, 4) is 0 Å². The van der Waals surface area contributed by atoms with Crippen molar-refractivity contribution >= 4 is 52.1 Å². The normalized spacial score (nSPS) is 10.4. The largest absolute Gasteiger partial charge is 0.326 e. The number of hydrogen-bond donors (Lipinski definition) is 1. The van der Waals surface area contributed by atoms with E-state index in [1.807, 2.05) is 30.5 Å². The Hall–Kier alpha value is -1.30. The van der Waals surface area contributed by atoms with Crippen molar-refractivity contribution in [1.29, 1.82) is 0 Å². The van der Waals surface area contributed by atoms with E-state index in [-0.39, 0.29) is 24.5 Å². The standard InChI is InChI=1S/C15H14ClNO2S2/c1-20-11-4-2-10(3-5-11)17-15(19)9-6-12(18)13-7-8-14(16)21-13/h2-5,7-8H,6,9H2,1H3,(H,17,19). The summed E-state index contributed by atoms with van der Waals surface area (Å²) in [7, 11) is 0. The van der Waals surface area contributed by atoms with E-state index in [0.29, 0.717) is 9.21 Å². The van der Waals surface area contributed by atoms with Crippen molar-refractivity contribution < 1.29 is 9.59 Å². The summed E-state index contributed by atoms with van der Waals surface area (Å²) in [6.07, 6.45) is 2.35. The molecule has 1 N–H and O–H groups in total. The highest BCUT2D eigenvalue weighted by Crippen LogP contribution is 2.23. The van der Waals surface area contributed by atoms with Crippen LogP contribution >= 0.6 is 34.7 Å². The molecule has 0 radical (unpaired) electrons. The minimum Gasteiger partial charge on any atom is -0.326 e. The molecule has 0 aliphatic carbocycles. The van der Waals surface area contributed by atoms with Crippen LogP contribution in [0.2, 0.25) is 4.34 Å². The molecule has 0 saturated heterocycles. The van der Waals surface area contributed by atoms with Gasteiger partial charge in [-0.15, -0.1) is 23.1 Å². The average Bonchev–Trinajstić information content (AvgIpc) is 2.92. The Bertz CT molecular complexity index is 637. The molecule has 1 heterocycles. The number of thioether (sulfide) groups is 1. The lowest BCUT2D eigenvalue weighted by Gasteiger charge is -2.05. The fourth-order valence-corrected chi connectivity index (χ4v) is 3.13. The second-order valence-corrected chi connectivity index (χ2v) is 6.90. The first-order chi connectivity index (χ1) is 10.1. The molecule has 2 rings (SSSR count). The second-order valence-electron chi connectivity index (χ2n) is 4.30. The van der Waals surface area contributed by atoms with Crippen molar-refractivity contribution in [2.75, 3.05) is 11.6 Å². The fourth-order valence-electron chi connectivity index (χ4n) is 1.71. The van der Waals surface area contributed by atoms with Gasteiger partial charge in [-0.25, -0.2) is 0 Å². The molecule has 0 aliphatic heterocycles. The van der Waals surface area contributed by atoms with Gasteiger partial charge in [-0.05, 0) is 42.7 Å². The number of halogens is 1. The number of nitrogens with one attached hydrogen (secondary N) is 1. The molecule has 0 unspecified atom stereocenters. The van der Waals surface area contributed by atoms with Crippen LogP contribution in [0.5, 0.6) is 0 Å². The molecule has 0 saturated carbocycles. The number of thiophene rings is 1. The van der Waals surface area contributed by atoms with Crippen LogP contribution in [0.4, 0.5) is 5.69 Å². The fraction of sp³-hybridized carbons (Fsp3) is 0.200. The summed E-state index contributed by atoms with van der Waals surface area (Å²) >= 11 is 8.67. The van der Waals surface area contributed by atoms with Gasteiger partial charge in [0, 0.05) is 23.4 Å². The predicted octanol–water partition coefficient (Wildman–Crippen LogP) is 4.73. The Morgan fingerprint density at radius 1 is 1.14 bits per heavy atom. The monoisotopic (exact) mass is 339 g/mol. The topological polar surface area (TPSA) is 46.2 Å². The molecular weight excluding hydrogens is 326 g/mol. The molecule has 0 aliphatic rings. The summed E-state index contributed by atoms with van der Waals surface area (Å²) in [5.74, 6) is -0.220. The minimum atomic E-state index is -0.164. The maximum atomic E-state index is 11.9. The Morgan fingerprint density at radius 3 is 2.43 bits per heavy atom. The maximum Gasteiger partial charge on any atom is 0.224 e. The molecule has 3 nitrogen and oxygen atoms in total. The Kier molecular flexibility index (Phi) is 5.85. The Labute approximate surface area is 136 Å². The minimum absolute atomic E-state index is 0.0558. The van der Waals surface area contributed by atoms with Gasteiger partial charge in [0.2, 0.25) is 5.91 Å². The summed E-state index contributed by atoms with van der Waals surface area (Å²) in [5.41, 5.74) is 0.740. The quantitative estimate of drug-likeness (QED) is 0.611. The molecule has 0 spiro atoms. The molecule has 1 aromatic carbocycles. The van der Waals surface area contributed by atoms with Crippen molar-refractivity contribution in [3.05, 3.63) is 45.6 Å². The van der Waals surface area contributed by atoms with Gasteiger partial charge >= 0.3 is 0 Å². The van der Waals surface area contributed by atoms with Gasteiger partial charge in [-0.3, -0.25) is 9.59 Å². The summed E-state index contributed by atoms with van der Waals surface area (Å²) in [4.78, 5) is 25.4. The van der Waals surface area contributed by atoms with Gasteiger partial charge in [0.25, 0.3) is 0 Å². The number of carbonyl (C=O) groups is 2. The molecule has 0 bridgehead atoms. The summed E-state index contributed by atoms with van der Waals surface area (Å²) in [6.45, 7) is 0. The second kappa shape index (κ2) is 7.64. The van der Waals surface area contributed by atoms with E-state index in [1.165, 1.54) is 11.3 Å². The van der Waals surface area contributed by atoms with Gasteiger partial charge in [0.1, 0.15) is 0 Å². The molecule has 21 heavy (non-hydrogen) atoms. The lowest BCUT2D eigenvalue weighted by molar-refractivity contribution is -0.116. The van der Waals surface area contributed by atoms with Crippen molar-refractivity contribution in [1.82, 2.24) is 0 Å². The molecule has 110 valence electrons. The van der Waals surface area contributed by atoms with Crippen LogP contribution in [0.3, 0.4) is 0 Å². The van der Waals surface area contributed by atoms with Crippen LogP contribution in [0.25, 0.3) is 0 Å². The number of amides is 1. The third-order valence-corrected chi connectivity index (χ3v) is 4.82. The van der Waals surface area contributed by atoms with Crippen LogP contribution in [0.1, 0.15) is 22.5 Å². The molecular formula is C15H14ClNO2S2. The summed E-state index contributed by atoms with van der Waals surface area (Å²) in [5, 5.41) is 2.78. The summed E-state index contributed by atoms with van der Waals surface area (Å²) < 4.78 is 0.580. The molecule has 0 fully saturated rings. The number of Topliss-reactive ketones (excluding diaryl/α,β-unsaturated/α-hetero) is 1. The van der Waals surface area contributed by atoms with Gasteiger partial charge in [0.05, 0.1) is 9.21 Å². The number of carbonyl (C=O) groups excluding carboxylic acids is 2. The molecule has 6 heteroatoms. The van der Waals surface area contributed by atoms with Crippen LogP contribution in [0, 0.1) is 0 Å². The lowest BCUT2D eigenvalue weighted by Crippen LogP contribution is -2.13. The first-order valence-electron chi connectivity index (χ1n) is 6.31. The van der Waals surface area contributed by atoms with Crippen LogP contribution < -0.4 is 5.32 Å². The van der Waals surface area contributed by atoms with Crippen molar-refractivity contribution in [3.63, 3.8) is 0 Å². The van der Waals surface area contributed by atoms with E-state index < -0.39 is 0 Å². The SMILES string of the molecule is CSc1ccc(NC(=O)CCC(=O)c2ccc(Cl)s2)cc1. The number of ketones is 1. The van der Waals surface area contributed by atoms with E-state index in [1.54, 1.807) is 23.9 Å². The van der Waals surface area contributed by atoms with E-state index in [9.17, 15) is 9.59 Å². The van der Waals surface area contributed by atoms with Crippen molar-refractivity contribution in [2.45, 2.75) is 17.7 Å². The van der Waals surface area contributed by atoms with Gasteiger partial charge in [-0.1, -0.05) is 11.6 Å². The molecule has 1 aromatic heterocycles. The van der Waals surface area contributed by atoms with E-state index in [2.05, 4.69) is 5.32 Å². The first kappa shape index (κ1) is 16.1. The first-order valence-corrected chi connectivity index (χ1v) is 8.73. The van der Waals surface area contributed by atoms with Gasteiger partial charge in [-0.2, -0.15) is 0 Å². The van der Waals surface area contributed by atoms with E-state index >= 15 is 0 Å². The van der Waals surface area contributed by atoms with E-state index in [0.717, 1.165) is 10.6 Å². The molecule has 1 amide bonds. The summed E-state index contributed by atoms with van der Waals surface area (Å²) in [6, 6.07) is 11.0. The van der Waals surface area contributed by atoms with Gasteiger partial charge < -0.3 is 5.32 Å². The number of anilines is 1. The lowest BCUT2D eigenvalue weighted by atomic mass is 10.2. The van der Waals surface area contributed by atoms with Crippen LogP contribution in [-0.4, -0.2) is 17.9 Å². The predicted molar refractivity (Wildman–Crippen MR) is 89.7 cm³/mol. The maximum absolute atomic E-state index is 11.9. The number of benzene rings is 1. The third kappa shape index (κ3) is 4.88. The highest BCUT2D eigenvalue weighted by molar-refractivity contribution is 7.98.